The molecule has 0 atom stereocenters. The molecule has 0 saturated carbocycles. The number of pyridine rings is 1. The van der Waals surface area contributed by atoms with Crippen molar-refractivity contribution in [1.29, 1.82) is 5.26 Å². The highest BCUT2D eigenvalue weighted by Gasteiger charge is 2.10. The number of hydrogen-bond donors (Lipinski definition) is 1. The van der Waals surface area contributed by atoms with Gasteiger partial charge in [0.15, 0.2) is 5.65 Å². The van der Waals surface area contributed by atoms with E-state index in [2.05, 4.69) is 15.1 Å². The number of halogens is 1. The van der Waals surface area contributed by atoms with Gasteiger partial charge in [-0.05, 0) is 12.1 Å². The van der Waals surface area contributed by atoms with Gasteiger partial charge < -0.3 is 0 Å². The van der Waals surface area contributed by atoms with Crippen LogP contribution in [0.25, 0.3) is 17.0 Å². The Labute approximate surface area is 111 Å². The van der Waals surface area contributed by atoms with E-state index < -0.39 is 0 Å². The number of nitrogens with zero attached hydrogens (tertiary/aromatic N) is 4. The Kier molecular flexibility index (Phi) is 2.54. The molecule has 0 aliphatic rings. The molecule has 19 heavy (non-hydrogen) atoms. The molecular weight excluding hydrogens is 266 g/mol. The first-order chi connectivity index (χ1) is 9.19. The van der Waals surface area contributed by atoms with Crippen LogP contribution < -0.4 is 5.56 Å². The fourth-order valence-electron chi connectivity index (χ4n) is 1.72. The number of aromatic nitrogens is 4. The Hall–Kier alpha value is -2.65. The van der Waals surface area contributed by atoms with E-state index in [9.17, 15) is 4.79 Å². The molecule has 0 spiro atoms. The Balaban J connectivity index is 2.28. The molecule has 0 saturated heterocycles. The van der Waals surface area contributed by atoms with Crippen LogP contribution in [0.15, 0.2) is 35.4 Å². The standard InChI is InChI=1S/C12H6ClN5O/c13-8-1-2-9(15-6-8)10-3-11(19)18-12(17-10)7(4-14)5-16-18/h1-3,5-6,16H. The predicted molar refractivity (Wildman–Crippen MR) is 68.8 cm³/mol. The van der Waals surface area contributed by atoms with Crippen LogP contribution in [0.3, 0.4) is 0 Å². The average molecular weight is 272 g/mol. The van der Waals surface area contributed by atoms with Crippen LogP contribution >= 0.6 is 11.6 Å². The lowest BCUT2D eigenvalue weighted by Gasteiger charge is -2.00. The van der Waals surface area contributed by atoms with Gasteiger partial charge in [-0.3, -0.25) is 14.9 Å². The minimum absolute atomic E-state index is 0.279. The van der Waals surface area contributed by atoms with E-state index in [0.29, 0.717) is 22.0 Å². The van der Waals surface area contributed by atoms with Crippen molar-refractivity contribution >= 4 is 17.2 Å². The monoisotopic (exact) mass is 271 g/mol. The van der Waals surface area contributed by atoms with Crippen molar-refractivity contribution in [3.63, 3.8) is 0 Å². The third-order valence-electron chi connectivity index (χ3n) is 2.61. The Morgan fingerprint density at radius 3 is 2.89 bits per heavy atom. The SMILES string of the molecule is N#Cc1c[nH]n2c(=O)cc(-c3ccc(Cl)cn3)nc12. The maximum Gasteiger partial charge on any atom is 0.273 e. The zero-order valence-corrected chi connectivity index (χ0v) is 10.2. The topological polar surface area (TPSA) is 86.8 Å². The zero-order valence-electron chi connectivity index (χ0n) is 9.46. The van der Waals surface area contributed by atoms with Crippen molar-refractivity contribution in [2.24, 2.45) is 0 Å². The Bertz CT molecular complexity index is 856. The largest absolute Gasteiger partial charge is 0.295 e. The van der Waals surface area contributed by atoms with Crippen LogP contribution in [0.5, 0.6) is 0 Å². The Morgan fingerprint density at radius 2 is 2.21 bits per heavy atom. The lowest BCUT2D eigenvalue weighted by molar-refractivity contribution is 0.900. The fraction of sp³-hybridized carbons (Fsp3) is 0. The van der Waals surface area contributed by atoms with Crippen LogP contribution in [0.2, 0.25) is 5.02 Å². The van der Waals surface area contributed by atoms with Crippen molar-refractivity contribution in [2.75, 3.05) is 0 Å². The van der Waals surface area contributed by atoms with Gasteiger partial charge in [-0.1, -0.05) is 11.6 Å². The second-order valence-electron chi connectivity index (χ2n) is 3.80. The molecule has 0 aliphatic heterocycles. The lowest BCUT2D eigenvalue weighted by Crippen LogP contribution is -2.14. The van der Waals surface area contributed by atoms with Gasteiger partial charge in [0, 0.05) is 18.5 Å². The number of H-pyrrole nitrogens is 1. The molecule has 3 rings (SSSR count). The summed E-state index contributed by atoms with van der Waals surface area (Å²) in [5.74, 6) is 0. The average Bonchev–Trinajstić information content (AvgIpc) is 2.83. The number of nitriles is 1. The second-order valence-corrected chi connectivity index (χ2v) is 4.24. The van der Waals surface area contributed by atoms with E-state index >= 15 is 0 Å². The number of hydrogen-bond acceptors (Lipinski definition) is 4. The molecule has 6 nitrogen and oxygen atoms in total. The van der Waals surface area contributed by atoms with Crippen molar-refractivity contribution in [1.82, 2.24) is 19.6 Å². The summed E-state index contributed by atoms with van der Waals surface area (Å²) in [5, 5.41) is 12.1. The molecule has 0 amide bonds. The summed E-state index contributed by atoms with van der Waals surface area (Å²) in [4.78, 5) is 20.3. The molecule has 1 N–H and O–H groups in total. The van der Waals surface area contributed by atoms with Crippen LogP contribution in [-0.2, 0) is 0 Å². The number of aromatic amines is 1. The van der Waals surface area contributed by atoms with E-state index in [1.54, 1.807) is 12.1 Å². The second kappa shape index (κ2) is 4.23. The smallest absolute Gasteiger partial charge is 0.273 e. The van der Waals surface area contributed by atoms with Gasteiger partial charge in [0.2, 0.25) is 0 Å². The molecule has 0 aromatic carbocycles. The van der Waals surface area contributed by atoms with E-state index in [0.717, 1.165) is 0 Å². The fourth-order valence-corrected chi connectivity index (χ4v) is 1.83. The molecule has 3 aromatic rings. The minimum atomic E-state index is -0.307. The molecule has 3 aromatic heterocycles. The van der Waals surface area contributed by atoms with Crippen LogP contribution in [-0.4, -0.2) is 19.6 Å². The lowest BCUT2D eigenvalue weighted by atomic mass is 10.2. The Morgan fingerprint density at radius 1 is 1.37 bits per heavy atom. The van der Waals surface area contributed by atoms with Crippen molar-refractivity contribution in [3.8, 4) is 17.5 Å². The van der Waals surface area contributed by atoms with Crippen LogP contribution in [0, 0.1) is 11.3 Å². The quantitative estimate of drug-likeness (QED) is 0.728. The first-order valence-corrected chi connectivity index (χ1v) is 5.70. The van der Waals surface area contributed by atoms with Gasteiger partial charge in [-0.2, -0.15) is 5.26 Å². The molecule has 7 heteroatoms. The normalized spacial score (nSPS) is 10.5. The van der Waals surface area contributed by atoms with Crippen LogP contribution in [0.4, 0.5) is 0 Å². The summed E-state index contributed by atoms with van der Waals surface area (Å²) < 4.78 is 1.21. The van der Waals surface area contributed by atoms with Gasteiger partial charge in [0.05, 0.1) is 16.4 Å². The maximum atomic E-state index is 11.9. The first-order valence-electron chi connectivity index (χ1n) is 5.32. The molecular formula is C12H6ClN5O. The molecule has 0 radical (unpaired) electrons. The highest BCUT2D eigenvalue weighted by Crippen LogP contribution is 2.16. The number of nitrogens with one attached hydrogen (secondary N) is 1. The molecule has 92 valence electrons. The summed E-state index contributed by atoms with van der Waals surface area (Å²) in [7, 11) is 0. The van der Waals surface area contributed by atoms with Gasteiger partial charge in [0.25, 0.3) is 5.56 Å². The minimum Gasteiger partial charge on any atom is -0.295 e. The molecule has 3 heterocycles. The van der Waals surface area contributed by atoms with E-state index in [1.807, 2.05) is 6.07 Å². The van der Waals surface area contributed by atoms with E-state index in [-0.39, 0.29) is 11.2 Å². The third-order valence-corrected chi connectivity index (χ3v) is 2.83. The van der Waals surface area contributed by atoms with Crippen molar-refractivity contribution < 1.29 is 0 Å². The first kappa shape index (κ1) is 11.4. The van der Waals surface area contributed by atoms with Crippen LogP contribution in [0.1, 0.15) is 5.56 Å². The highest BCUT2D eigenvalue weighted by molar-refractivity contribution is 6.30. The zero-order chi connectivity index (χ0) is 13.4. The van der Waals surface area contributed by atoms with Gasteiger partial charge >= 0.3 is 0 Å². The molecule has 0 bridgehead atoms. The van der Waals surface area contributed by atoms with Gasteiger partial charge in [-0.25, -0.2) is 9.50 Å². The van der Waals surface area contributed by atoms with E-state index in [4.69, 9.17) is 16.9 Å². The molecule has 0 unspecified atom stereocenters. The van der Waals surface area contributed by atoms with Crippen molar-refractivity contribution in [2.45, 2.75) is 0 Å². The summed E-state index contributed by atoms with van der Waals surface area (Å²) in [6, 6.07) is 6.65. The molecule has 0 fully saturated rings. The van der Waals surface area contributed by atoms with Crippen molar-refractivity contribution in [3.05, 3.63) is 51.5 Å². The number of fused-ring (bicyclic) bond motifs is 1. The summed E-state index contributed by atoms with van der Waals surface area (Å²) in [6.45, 7) is 0. The van der Waals surface area contributed by atoms with Gasteiger partial charge in [-0.15, -0.1) is 0 Å². The summed E-state index contributed by atoms with van der Waals surface area (Å²) in [6.07, 6.45) is 2.91. The van der Waals surface area contributed by atoms with Gasteiger partial charge in [0.1, 0.15) is 11.6 Å². The highest BCUT2D eigenvalue weighted by atomic mass is 35.5. The summed E-state index contributed by atoms with van der Waals surface area (Å²) >= 11 is 5.76. The number of rotatable bonds is 1. The molecule has 0 aliphatic carbocycles. The maximum absolute atomic E-state index is 11.9. The third kappa shape index (κ3) is 1.86. The van der Waals surface area contributed by atoms with E-state index in [1.165, 1.54) is 23.0 Å². The predicted octanol–water partition coefficient (Wildman–Crippen LogP) is 1.61. The summed E-state index contributed by atoms with van der Waals surface area (Å²) in [5.41, 5.74) is 1.19.